The number of nitrogens with zero attached hydrogens (tertiary/aromatic N) is 1. The van der Waals surface area contributed by atoms with E-state index in [2.05, 4.69) is 28.4 Å². The Kier molecular flexibility index (Phi) is 4.33. The van der Waals surface area contributed by atoms with Crippen molar-refractivity contribution in [2.75, 3.05) is 30.7 Å². The highest BCUT2D eigenvalue weighted by molar-refractivity contribution is 5.67. The first-order chi connectivity index (χ1) is 10.4. The van der Waals surface area contributed by atoms with Gasteiger partial charge >= 0.3 is 0 Å². The Morgan fingerprint density at radius 1 is 1.23 bits per heavy atom. The number of benzene rings is 1. The molecular weight excluding hydrogens is 274 g/mol. The fourth-order valence-electron chi connectivity index (χ4n) is 3.35. The molecule has 0 atom stereocenters. The number of rotatable bonds is 5. The zero-order chi connectivity index (χ0) is 15.7. The van der Waals surface area contributed by atoms with E-state index in [1.807, 2.05) is 0 Å². The molecule has 1 saturated heterocycles. The second-order valence-electron chi connectivity index (χ2n) is 7.55. The largest absolute Gasteiger partial charge is 0.397 e. The van der Waals surface area contributed by atoms with E-state index in [0.29, 0.717) is 12.5 Å². The van der Waals surface area contributed by atoms with Crippen molar-refractivity contribution in [2.45, 2.75) is 57.1 Å². The van der Waals surface area contributed by atoms with Gasteiger partial charge in [0.2, 0.25) is 0 Å². The molecular formula is C18H29N3O. The van der Waals surface area contributed by atoms with E-state index >= 15 is 0 Å². The van der Waals surface area contributed by atoms with E-state index in [1.165, 1.54) is 44.3 Å². The molecule has 4 N–H and O–H groups in total. The molecule has 0 amide bonds. The van der Waals surface area contributed by atoms with Gasteiger partial charge in [0, 0.05) is 12.6 Å². The Hall–Kier alpha value is -1.26. The minimum absolute atomic E-state index is 0.496. The van der Waals surface area contributed by atoms with Crippen LogP contribution >= 0.6 is 0 Å². The first-order valence-electron chi connectivity index (χ1n) is 8.52. The molecule has 22 heavy (non-hydrogen) atoms. The van der Waals surface area contributed by atoms with Gasteiger partial charge in [0.15, 0.2) is 0 Å². The number of nitrogen functional groups attached to an aromatic ring is 1. The van der Waals surface area contributed by atoms with E-state index in [-0.39, 0.29) is 0 Å². The number of hydrogen-bond acceptors (Lipinski definition) is 4. The van der Waals surface area contributed by atoms with Gasteiger partial charge < -0.3 is 21.1 Å². The Morgan fingerprint density at radius 3 is 2.45 bits per heavy atom. The molecule has 4 heteroatoms. The molecule has 1 aliphatic heterocycles. The van der Waals surface area contributed by atoms with Gasteiger partial charge in [-0.15, -0.1) is 0 Å². The van der Waals surface area contributed by atoms with Crippen molar-refractivity contribution < 1.29 is 5.11 Å². The smallest absolute Gasteiger partial charge is 0.0763 e. The molecule has 122 valence electrons. The van der Waals surface area contributed by atoms with Gasteiger partial charge in [0.1, 0.15) is 0 Å². The van der Waals surface area contributed by atoms with Crippen LogP contribution in [0.25, 0.3) is 0 Å². The van der Waals surface area contributed by atoms with E-state index < -0.39 is 5.60 Å². The molecule has 1 heterocycles. The van der Waals surface area contributed by atoms with Crippen LogP contribution in [0.5, 0.6) is 0 Å². The third-order valence-electron chi connectivity index (χ3n) is 4.85. The lowest BCUT2D eigenvalue weighted by Gasteiger charge is -2.32. The number of anilines is 2. The van der Waals surface area contributed by atoms with Crippen LogP contribution in [0.2, 0.25) is 0 Å². The average Bonchev–Trinajstić information content (AvgIpc) is 3.30. The maximum atomic E-state index is 9.80. The van der Waals surface area contributed by atoms with Gasteiger partial charge in [-0.2, -0.15) is 0 Å². The summed E-state index contributed by atoms with van der Waals surface area (Å²) in [5, 5.41) is 13.0. The summed E-state index contributed by atoms with van der Waals surface area (Å²) >= 11 is 0. The van der Waals surface area contributed by atoms with Gasteiger partial charge in [0.05, 0.1) is 17.0 Å². The number of likely N-dealkylation sites (tertiary alicyclic amines) is 1. The molecule has 1 saturated carbocycles. The normalized spacial score (nSPS) is 21.0. The third-order valence-corrected chi connectivity index (χ3v) is 4.85. The summed E-state index contributed by atoms with van der Waals surface area (Å²) in [7, 11) is 0. The molecule has 3 rings (SSSR count). The van der Waals surface area contributed by atoms with E-state index in [9.17, 15) is 5.11 Å². The Bertz CT molecular complexity index is 512. The Labute approximate surface area is 133 Å². The minimum Gasteiger partial charge on any atom is -0.397 e. The third kappa shape index (κ3) is 3.93. The molecule has 0 spiro atoms. The van der Waals surface area contributed by atoms with Crippen LogP contribution in [-0.2, 0) is 0 Å². The molecule has 0 bridgehead atoms. The van der Waals surface area contributed by atoms with Crippen LogP contribution in [0, 0.1) is 0 Å². The van der Waals surface area contributed by atoms with Crippen LogP contribution in [0.3, 0.4) is 0 Å². The first-order valence-corrected chi connectivity index (χ1v) is 8.52. The van der Waals surface area contributed by atoms with Crippen LogP contribution in [0.4, 0.5) is 11.4 Å². The number of hydrogen-bond donors (Lipinski definition) is 3. The molecule has 4 nitrogen and oxygen atoms in total. The number of nitrogens with two attached hydrogens (primary N) is 1. The standard InChI is InChI=1S/C18H29N3O/c1-18(2,22)12-20-17-6-3-14(11-16(17)19)13-7-9-21(10-8-13)15-4-5-15/h3,6,11,13,15,20,22H,4-5,7-10,12,19H2,1-2H3. The maximum Gasteiger partial charge on any atom is 0.0763 e. The lowest BCUT2D eigenvalue weighted by Crippen LogP contribution is -2.34. The summed E-state index contributed by atoms with van der Waals surface area (Å²) in [6.07, 6.45) is 5.29. The second-order valence-corrected chi connectivity index (χ2v) is 7.55. The number of nitrogens with one attached hydrogen (secondary N) is 1. The monoisotopic (exact) mass is 303 g/mol. The molecule has 1 aromatic carbocycles. The lowest BCUT2D eigenvalue weighted by molar-refractivity contribution is 0.0945. The van der Waals surface area contributed by atoms with Gasteiger partial charge in [0.25, 0.3) is 0 Å². The zero-order valence-corrected chi connectivity index (χ0v) is 13.8. The van der Waals surface area contributed by atoms with E-state index in [0.717, 1.165) is 17.4 Å². The molecule has 2 fully saturated rings. The average molecular weight is 303 g/mol. The van der Waals surface area contributed by atoms with Crippen LogP contribution in [0.15, 0.2) is 18.2 Å². The Morgan fingerprint density at radius 2 is 1.91 bits per heavy atom. The lowest BCUT2D eigenvalue weighted by atomic mass is 9.89. The minimum atomic E-state index is -0.735. The van der Waals surface area contributed by atoms with Crippen LogP contribution < -0.4 is 11.1 Å². The molecule has 0 unspecified atom stereocenters. The molecule has 1 aromatic rings. The van der Waals surface area contributed by atoms with E-state index in [1.54, 1.807) is 13.8 Å². The van der Waals surface area contributed by atoms with Crippen molar-refractivity contribution >= 4 is 11.4 Å². The quantitative estimate of drug-likeness (QED) is 0.732. The second kappa shape index (κ2) is 6.09. The van der Waals surface area contributed by atoms with Crippen molar-refractivity contribution in [2.24, 2.45) is 0 Å². The van der Waals surface area contributed by atoms with Crippen molar-refractivity contribution in [1.82, 2.24) is 4.90 Å². The first kappa shape index (κ1) is 15.6. The Balaban J connectivity index is 1.59. The van der Waals surface area contributed by atoms with Gasteiger partial charge in [-0.05, 0) is 76.2 Å². The van der Waals surface area contributed by atoms with Crippen molar-refractivity contribution in [3.05, 3.63) is 23.8 Å². The fraction of sp³-hybridized carbons (Fsp3) is 0.667. The highest BCUT2D eigenvalue weighted by atomic mass is 16.3. The highest BCUT2D eigenvalue weighted by Crippen LogP contribution is 2.35. The van der Waals surface area contributed by atoms with Crippen LogP contribution in [0.1, 0.15) is 51.0 Å². The van der Waals surface area contributed by atoms with Crippen molar-refractivity contribution in [3.8, 4) is 0 Å². The SMILES string of the molecule is CC(C)(O)CNc1ccc(C2CCN(C3CC3)CC2)cc1N. The summed E-state index contributed by atoms with van der Waals surface area (Å²) < 4.78 is 0. The predicted octanol–water partition coefficient (Wildman–Crippen LogP) is 2.79. The van der Waals surface area contributed by atoms with Gasteiger partial charge in [-0.1, -0.05) is 6.07 Å². The summed E-state index contributed by atoms with van der Waals surface area (Å²) in [4.78, 5) is 2.65. The summed E-state index contributed by atoms with van der Waals surface area (Å²) in [6, 6.07) is 7.26. The summed E-state index contributed by atoms with van der Waals surface area (Å²) in [6.45, 7) is 6.54. The van der Waals surface area contributed by atoms with Gasteiger partial charge in [-0.25, -0.2) is 0 Å². The van der Waals surface area contributed by atoms with Gasteiger partial charge in [-0.3, -0.25) is 0 Å². The summed E-state index contributed by atoms with van der Waals surface area (Å²) in [5.41, 5.74) is 8.52. The van der Waals surface area contributed by atoms with E-state index in [4.69, 9.17) is 5.73 Å². The predicted molar refractivity (Wildman–Crippen MR) is 92.2 cm³/mol. The molecule has 0 aromatic heterocycles. The van der Waals surface area contributed by atoms with Crippen molar-refractivity contribution in [3.63, 3.8) is 0 Å². The summed E-state index contributed by atoms with van der Waals surface area (Å²) in [5.74, 6) is 0.639. The number of piperidine rings is 1. The molecule has 2 aliphatic rings. The maximum absolute atomic E-state index is 9.80. The molecule has 0 radical (unpaired) electrons. The van der Waals surface area contributed by atoms with Crippen molar-refractivity contribution in [1.29, 1.82) is 0 Å². The molecule has 1 aliphatic carbocycles. The topological polar surface area (TPSA) is 61.5 Å². The van der Waals surface area contributed by atoms with Crippen LogP contribution in [-0.4, -0.2) is 41.3 Å². The highest BCUT2D eigenvalue weighted by Gasteiger charge is 2.32. The number of aliphatic hydroxyl groups is 1. The zero-order valence-electron chi connectivity index (χ0n) is 13.8. The fourth-order valence-corrected chi connectivity index (χ4v) is 3.35.